The van der Waals surface area contributed by atoms with Crippen molar-refractivity contribution in [3.8, 4) is 0 Å². The summed E-state index contributed by atoms with van der Waals surface area (Å²) in [5.74, 6) is -0.490. The third-order valence-corrected chi connectivity index (χ3v) is 3.23. The van der Waals surface area contributed by atoms with Crippen molar-refractivity contribution >= 4 is 17.6 Å². The quantitative estimate of drug-likeness (QED) is 0.451. The highest BCUT2D eigenvalue weighted by Gasteiger charge is 2.13. The van der Waals surface area contributed by atoms with Crippen LogP contribution in [0.1, 0.15) is 44.0 Å². The molecule has 0 unspecified atom stereocenters. The summed E-state index contributed by atoms with van der Waals surface area (Å²) in [6.07, 6.45) is 1.86. The third kappa shape index (κ3) is 6.90. The molecular formula is C16H22N2O5. The molecule has 0 aliphatic rings. The maximum Gasteiger partial charge on any atom is 0.338 e. The number of benzene rings is 1. The Bertz CT molecular complexity index is 554. The second kappa shape index (κ2) is 8.87. The fourth-order valence-corrected chi connectivity index (χ4v) is 1.91. The molecule has 7 heteroatoms. The first kappa shape index (κ1) is 18.6. The van der Waals surface area contributed by atoms with Crippen LogP contribution < -0.4 is 5.32 Å². The fraction of sp³-hybridized carbons (Fsp3) is 0.500. The Kier molecular flexibility index (Phi) is 7.18. The third-order valence-electron chi connectivity index (χ3n) is 3.23. The Morgan fingerprint density at radius 3 is 2.30 bits per heavy atom. The normalized spacial score (nSPS) is 11.8. The number of nitro benzene ring substituents is 1. The largest absolute Gasteiger partial charge is 0.452 e. The topological polar surface area (TPSA) is 98.5 Å². The minimum Gasteiger partial charge on any atom is -0.452 e. The van der Waals surface area contributed by atoms with E-state index in [1.54, 1.807) is 0 Å². The molecule has 1 atom stereocenters. The first-order valence-corrected chi connectivity index (χ1v) is 7.50. The summed E-state index contributed by atoms with van der Waals surface area (Å²) < 4.78 is 4.90. The molecule has 0 spiro atoms. The number of non-ortho nitro benzene ring substituents is 1. The van der Waals surface area contributed by atoms with E-state index in [2.05, 4.69) is 19.2 Å². The molecule has 0 aliphatic heterocycles. The number of hydrogen-bond donors (Lipinski definition) is 1. The summed E-state index contributed by atoms with van der Waals surface area (Å²) in [6, 6.07) is 5.03. The van der Waals surface area contributed by atoms with Crippen LogP contribution in [0.4, 0.5) is 5.69 Å². The molecule has 0 heterocycles. The average Bonchev–Trinajstić information content (AvgIpc) is 2.50. The van der Waals surface area contributed by atoms with E-state index < -0.39 is 10.9 Å². The minimum absolute atomic E-state index is 0.0166. The predicted molar refractivity (Wildman–Crippen MR) is 85.1 cm³/mol. The van der Waals surface area contributed by atoms with Crippen molar-refractivity contribution in [3.05, 3.63) is 39.9 Å². The van der Waals surface area contributed by atoms with Crippen LogP contribution in [0.25, 0.3) is 0 Å². The van der Waals surface area contributed by atoms with Crippen molar-refractivity contribution in [2.75, 3.05) is 6.61 Å². The van der Waals surface area contributed by atoms with E-state index >= 15 is 0 Å². The van der Waals surface area contributed by atoms with Gasteiger partial charge < -0.3 is 10.1 Å². The zero-order valence-electron chi connectivity index (χ0n) is 13.6. The molecule has 0 fully saturated rings. The van der Waals surface area contributed by atoms with Crippen molar-refractivity contribution in [2.45, 2.75) is 39.7 Å². The second-order valence-corrected chi connectivity index (χ2v) is 5.82. The number of nitrogens with zero attached hydrogens (tertiary/aromatic N) is 1. The van der Waals surface area contributed by atoms with E-state index in [-0.39, 0.29) is 29.8 Å². The number of amides is 1. The zero-order chi connectivity index (χ0) is 17.4. The Labute approximate surface area is 135 Å². The molecule has 0 bridgehead atoms. The zero-order valence-corrected chi connectivity index (χ0v) is 13.6. The average molecular weight is 322 g/mol. The smallest absolute Gasteiger partial charge is 0.338 e. The van der Waals surface area contributed by atoms with Crippen molar-refractivity contribution in [2.24, 2.45) is 5.92 Å². The van der Waals surface area contributed by atoms with Crippen LogP contribution in [0, 0.1) is 16.0 Å². The van der Waals surface area contributed by atoms with Crippen LogP contribution in [-0.4, -0.2) is 29.4 Å². The van der Waals surface area contributed by atoms with Gasteiger partial charge in [0.05, 0.1) is 10.5 Å². The van der Waals surface area contributed by atoms with Crippen molar-refractivity contribution < 1.29 is 19.2 Å². The van der Waals surface area contributed by atoms with E-state index in [0.29, 0.717) is 5.92 Å². The van der Waals surface area contributed by atoms with Gasteiger partial charge in [0.25, 0.3) is 11.6 Å². The van der Waals surface area contributed by atoms with Gasteiger partial charge in [0, 0.05) is 18.2 Å². The van der Waals surface area contributed by atoms with E-state index in [4.69, 9.17) is 4.74 Å². The maximum absolute atomic E-state index is 11.8. The number of carbonyl (C=O) groups is 2. The van der Waals surface area contributed by atoms with Crippen molar-refractivity contribution in [1.82, 2.24) is 5.32 Å². The van der Waals surface area contributed by atoms with Crippen LogP contribution in [0.5, 0.6) is 0 Å². The van der Waals surface area contributed by atoms with Gasteiger partial charge in [-0.3, -0.25) is 14.9 Å². The van der Waals surface area contributed by atoms with Gasteiger partial charge in [-0.25, -0.2) is 4.79 Å². The molecule has 0 aromatic heterocycles. The number of nitro groups is 1. The molecule has 126 valence electrons. The maximum atomic E-state index is 11.8. The van der Waals surface area contributed by atoms with Crippen molar-refractivity contribution in [3.63, 3.8) is 0 Å². The monoisotopic (exact) mass is 322 g/mol. The first-order chi connectivity index (χ1) is 10.8. The van der Waals surface area contributed by atoms with E-state index in [1.807, 2.05) is 6.92 Å². The lowest BCUT2D eigenvalue weighted by molar-refractivity contribution is -0.384. The van der Waals surface area contributed by atoms with Gasteiger partial charge in [0.1, 0.15) is 0 Å². The van der Waals surface area contributed by atoms with Gasteiger partial charge in [-0.15, -0.1) is 0 Å². The Morgan fingerprint density at radius 2 is 1.78 bits per heavy atom. The molecule has 0 radical (unpaired) electrons. The lowest BCUT2D eigenvalue weighted by atomic mass is 10.0. The van der Waals surface area contributed by atoms with Gasteiger partial charge in [0.15, 0.2) is 6.61 Å². The molecule has 1 aromatic rings. The molecule has 1 N–H and O–H groups in total. The van der Waals surface area contributed by atoms with Crippen molar-refractivity contribution in [1.29, 1.82) is 0 Å². The number of esters is 1. The highest BCUT2D eigenvalue weighted by Crippen LogP contribution is 2.12. The molecule has 0 saturated heterocycles. The fourth-order valence-electron chi connectivity index (χ4n) is 1.91. The molecule has 0 aliphatic carbocycles. The van der Waals surface area contributed by atoms with E-state index in [9.17, 15) is 19.7 Å². The molecule has 23 heavy (non-hydrogen) atoms. The van der Waals surface area contributed by atoms with Gasteiger partial charge in [-0.2, -0.15) is 0 Å². The summed E-state index contributed by atoms with van der Waals surface area (Å²) >= 11 is 0. The van der Waals surface area contributed by atoms with Gasteiger partial charge >= 0.3 is 5.97 Å². The van der Waals surface area contributed by atoms with Gasteiger partial charge in [0.2, 0.25) is 0 Å². The van der Waals surface area contributed by atoms with Gasteiger partial charge in [-0.05, 0) is 37.8 Å². The van der Waals surface area contributed by atoms with Crippen LogP contribution in [-0.2, 0) is 9.53 Å². The number of ether oxygens (including phenoxy) is 1. The molecule has 1 rings (SSSR count). The highest BCUT2D eigenvalue weighted by atomic mass is 16.6. The summed E-state index contributed by atoms with van der Waals surface area (Å²) in [6.45, 7) is 5.75. The van der Waals surface area contributed by atoms with Crippen LogP contribution in [0.3, 0.4) is 0 Å². The van der Waals surface area contributed by atoms with E-state index in [0.717, 1.165) is 12.8 Å². The summed E-state index contributed by atoms with van der Waals surface area (Å²) in [7, 11) is 0. The number of rotatable bonds is 8. The Balaban J connectivity index is 2.40. The predicted octanol–water partition coefficient (Wildman–Crippen LogP) is 2.69. The summed E-state index contributed by atoms with van der Waals surface area (Å²) in [5, 5.41) is 13.3. The molecule has 0 saturated carbocycles. The van der Waals surface area contributed by atoms with Crippen LogP contribution in [0.15, 0.2) is 24.3 Å². The highest BCUT2D eigenvalue weighted by molar-refractivity contribution is 5.91. The first-order valence-electron chi connectivity index (χ1n) is 7.50. The molecule has 1 aromatic carbocycles. The lowest BCUT2D eigenvalue weighted by Crippen LogP contribution is -2.36. The Morgan fingerprint density at radius 1 is 1.17 bits per heavy atom. The lowest BCUT2D eigenvalue weighted by Gasteiger charge is -2.15. The molecule has 1 amide bonds. The Hall–Kier alpha value is -2.44. The van der Waals surface area contributed by atoms with E-state index in [1.165, 1.54) is 24.3 Å². The second-order valence-electron chi connectivity index (χ2n) is 5.82. The minimum atomic E-state index is -0.690. The SMILES string of the molecule is CC(C)CC[C@H](C)NC(=O)COC(=O)c1ccc([N+](=O)[O-])cc1. The summed E-state index contributed by atoms with van der Waals surface area (Å²) in [5.41, 5.74) is 0.0505. The number of hydrogen-bond acceptors (Lipinski definition) is 5. The van der Waals surface area contributed by atoms with Gasteiger partial charge in [-0.1, -0.05) is 13.8 Å². The van der Waals surface area contributed by atoms with Crippen LogP contribution >= 0.6 is 0 Å². The standard InChI is InChI=1S/C16H22N2O5/c1-11(2)4-5-12(3)17-15(19)10-23-16(20)13-6-8-14(9-7-13)18(21)22/h6-9,11-12H,4-5,10H2,1-3H3,(H,17,19)/t12-/m0/s1. The molecular weight excluding hydrogens is 300 g/mol. The number of nitrogens with one attached hydrogen (secondary N) is 1. The number of carbonyl (C=O) groups excluding carboxylic acids is 2. The van der Waals surface area contributed by atoms with Crippen LogP contribution in [0.2, 0.25) is 0 Å². The summed E-state index contributed by atoms with van der Waals surface area (Å²) in [4.78, 5) is 33.4. The molecule has 7 nitrogen and oxygen atoms in total.